The fourth-order valence-corrected chi connectivity index (χ4v) is 4.00. The van der Waals surface area contributed by atoms with Gasteiger partial charge in [0, 0.05) is 30.0 Å². The van der Waals surface area contributed by atoms with E-state index in [0.29, 0.717) is 13.1 Å². The lowest BCUT2D eigenvalue weighted by molar-refractivity contribution is -0.115. The van der Waals surface area contributed by atoms with Crippen molar-refractivity contribution in [1.29, 1.82) is 0 Å². The van der Waals surface area contributed by atoms with Crippen molar-refractivity contribution in [3.63, 3.8) is 0 Å². The molecule has 1 aromatic heterocycles. The molecule has 1 aliphatic rings. The average Bonchev–Trinajstić information content (AvgIpc) is 3.32. The van der Waals surface area contributed by atoms with E-state index in [1.807, 2.05) is 44.2 Å². The molecule has 30 heavy (non-hydrogen) atoms. The Morgan fingerprint density at radius 2 is 1.70 bits per heavy atom. The highest BCUT2D eigenvalue weighted by Crippen LogP contribution is 2.30. The first kappa shape index (κ1) is 20.1. The number of nitrogens with one attached hydrogen (secondary N) is 1. The van der Waals surface area contributed by atoms with E-state index in [4.69, 9.17) is 0 Å². The molecule has 1 aliphatic heterocycles. The van der Waals surface area contributed by atoms with E-state index < -0.39 is 11.6 Å². The van der Waals surface area contributed by atoms with Crippen molar-refractivity contribution in [1.82, 2.24) is 9.78 Å². The molecule has 0 atom stereocenters. The molecule has 156 valence electrons. The maximum Gasteiger partial charge on any atom is 0.228 e. The summed E-state index contributed by atoms with van der Waals surface area (Å²) in [5.74, 6) is -1.66. The molecule has 3 aromatic rings. The highest BCUT2D eigenvalue weighted by atomic mass is 19.1. The van der Waals surface area contributed by atoms with E-state index in [1.165, 1.54) is 12.1 Å². The lowest BCUT2D eigenvalue weighted by atomic mass is 10.1. The van der Waals surface area contributed by atoms with Crippen LogP contribution in [0.2, 0.25) is 0 Å². The summed E-state index contributed by atoms with van der Waals surface area (Å²) < 4.78 is 30.8. The summed E-state index contributed by atoms with van der Waals surface area (Å²) in [6, 6.07) is 12.0. The summed E-state index contributed by atoms with van der Waals surface area (Å²) >= 11 is 0. The molecule has 0 bridgehead atoms. The molecule has 1 N–H and O–H groups in total. The molecular formula is C23H24F2N4O. The number of nitrogens with zero attached hydrogens (tertiary/aromatic N) is 3. The van der Waals surface area contributed by atoms with Crippen LogP contribution in [0.1, 0.15) is 29.8 Å². The molecular weight excluding hydrogens is 386 g/mol. The van der Waals surface area contributed by atoms with Crippen molar-refractivity contribution in [3.05, 3.63) is 71.1 Å². The Bertz CT molecular complexity index is 1050. The van der Waals surface area contributed by atoms with E-state index in [1.54, 1.807) is 9.58 Å². The Kier molecular flexibility index (Phi) is 5.53. The molecule has 2 aromatic carbocycles. The molecule has 0 unspecified atom stereocenters. The first-order chi connectivity index (χ1) is 14.4. The monoisotopic (exact) mass is 410 g/mol. The van der Waals surface area contributed by atoms with Crippen LogP contribution in [0.15, 0.2) is 42.5 Å². The third-order valence-corrected chi connectivity index (χ3v) is 5.50. The summed E-state index contributed by atoms with van der Waals surface area (Å²) in [6.45, 7) is 5.03. The molecule has 4 rings (SSSR count). The number of amides is 1. The zero-order valence-corrected chi connectivity index (χ0v) is 17.1. The smallest absolute Gasteiger partial charge is 0.228 e. The van der Waals surface area contributed by atoms with Crippen LogP contribution in [-0.2, 0) is 11.2 Å². The second kappa shape index (κ2) is 8.26. The van der Waals surface area contributed by atoms with Gasteiger partial charge in [-0.1, -0.05) is 18.2 Å². The minimum absolute atomic E-state index is 0.0127. The molecule has 0 radical (unpaired) electrons. The van der Waals surface area contributed by atoms with Gasteiger partial charge in [0.2, 0.25) is 5.91 Å². The van der Waals surface area contributed by atoms with Crippen LogP contribution >= 0.6 is 0 Å². The number of hydrogen-bond donors (Lipinski definition) is 1. The van der Waals surface area contributed by atoms with E-state index in [2.05, 4.69) is 10.4 Å². The van der Waals surface area contributed by atoms with Crippen molar-refractivity contribution in [2.45, 2.75) is 33.1 Å². The van der Waals surface area contributed by atoms with Crippen LogP contribution in [-0.4, -0.2) is 28.8 Å². The number of halogens is 2. The number of para-hydroxylation sites is 1. The van der Waals surface area contributed by atoms with Crippen molar-refractivity contribution in [3.8, 4) is 5.69 Å². The molecule has 1 saturated heterocycles. The van der Waals surface area contributed by atoms with Crippen LogP contribution < -0.4 is 10.2 Å². The number of aromatic nitrogens is 2. The van der Waals surface area contributed by atoms with Crippen LogP contribution in [0.25, 0.3) is 5.69 Å². The highest BCUT2D eigenvalue weighted by molar-refractivity contribution is 5.92. The normalized spacial score (nSPS) is 13.7. The maximum atomic E-state index is 14.5. The molecule has 0 aliphatic carbocycles. The van der Waals surface area contributed by atoms with Gasteiger partial charge >= 0.3 is 0 Å². The number of carbonyl (C=O) groups is 1. The van der Waals surface area contributed by atoms with Crippen molar-refractivity contribution in [2.75, 3.05) is 23.3 Å². The Balaban J connectivity index is 1.51. The van der Waals surface area contributed by atoms with Crippen LogP contribution in [0.5, 0.6) is 0 Å². The van der Waals surface area contributed by atoms with Gasteiger partial charge in [-0.15, -0.1) is 0 Å². The molecule has 1 amide bonds. The summed E-state index contributed by atoms with van der Waals surface area (Å²) in [4.78, 5) is 14.3. The first-order valence-electron chi connectivity index (χ1n) is 10.1. The van der Waals surface area contributed by atoms with Gasteiger partial charge in [0.25, 0.3) is 0 Å². The molecule has 0 saturated carbocycles. The molecule has 2 heterocycles. The Labute approximate surface area is 174 Å². The Morgan fingerprint density at radius 1 is 1.07 bits per heavy atom. The van der Waals surface area contributed by atoms with Crippen LogP contribution in [0.4, 0.5) is 20.2 Å². The van der Waals surface area contributed by atoms with Crippen molar-refractivity contribution < 1.29 is 13.6 Å². The summed E-state index contributed by atoms with van der Waals surface area (Å²) in [6.07, 6.45) is 1.92. The van der Waals surface area contributed by atoms with Crippen molar-refractivity contribution in [2.24, 2.45) is 0 Å². The van der Waals surface area contributed by atoms with Crippen LogP contribution in [0.3, 0.4) is 0 Å². The topological polar surface area (TPSA) is 50.2 Å². The SMILES string of the molecule is Cc1nn(-c2ccccc2)c(C)c1CC(=O)Nc1cc(F)c(N2CCCC2)c(F)c1. The van der Waals surface area contributed by atoms with Gasteiger partial charge in [-0.2, -0.15) is 5.10 Å². The number of benzene rings is 2. The van der Waals surface area contributed by atoms with Gasteiger partial charge in [0.05, 0.1) is 17.8 Å². The van der Waals surface area contributed by atoms with E-state index >= 15 is 0 Å². The molecule has 5 nitrogen and oxygen atoms in total. The second-order valence-electron chi connectivity index (χ2n) is 7.60. The van der Waals surface area contributed by atoms with Gasteiger partial charge in [0.15, 0.2) is 11.6 Å². The van der Waals surface area contributed by atoms with Gasteiger partial charge in [-0.05, 0) is 51.0 Å². The summed E-state index contributed by atoms with van der Waals surface area (Å²) in [5.41, 5.74) is 3.41. The van der Waals surface area contributed by atoms with Gasteiger partial charge in [0.1, 0.15) is 5.69 Å². The van der Waals surface area contributed by atoms with Gasteiger partial charge < -0.3 is 10.2 Å². The summed E-state index contributed by atoms with van der Waals surface area (Å²) in [5, 5.41) is 7.15. The van der Waals surface area contributed by atoms with E-state index in [0.717, 1.165) is 35.5 Å². The fraction of sp³-hybridized carbons (Fsp3) is 0.304. The fourth-order valence-electron chi connectivity index (χ4n) is 4.00. The van der Waals surface area contributed by atoms with E-state index in [-0.39, 0.29) is 23.7 Å². The van der Waals surface area contributed by atoms with Crippen molar-refractivity contribution >= 4 is 17.3 Å². The van der Waals surface area contributed by atoms with Gasteiger partial charge in [-0.3, -0.25) is 4.79 Å². The largest absolute Gasteiger partial charge is 0.367 e. The highest BCUT2D eigenvalue weighted by Gasteiger charge is 2.22. The average molecular weight is 410 g/mol. The molecule has 1 fully saturated rings. The summed E-state index contributed by atoms with van der Waals surface area (Å²) in [7, 11) is 0. The maximum absolute atomic E-state index is 14.5. The quantitative estimate of drug-likeness (QED) is 0.671. The minimum atomic E-state index is -0.656. The second-order valence-corrected chi connectivity index (χ2v) is 7.60. The van der Waals surface area contributed by atoms with Crippen LogP contribution in [0, 0.1) is 25.5 Å². The third-order valence-electron chi connectivity index (χ3n) is 5.50. The third kappa shape index (κ3) is 3.92. The first-order valence-corrected chi connectivity index (χ1v) is 10.1. The van der Waals surface area contributed by atoms with Gasteiger partial charge in [-0.25, -0.2) is 13.5 Å². The lowest BCUT2D eigenvalue weighted by Crippen LogP contribution is -2.21. The predicted molar refractivity (Wildman–Crippen MR) is 113 cm³/mol. The lowest BCUT2D eigenvalue weighted by Gasteiger charge is -2.19. The zero-order valence-electron chi connectivity index (χ0n) is 17.1. The predicted octanol–water partition coefficient (Wildman–Crippen LogP) is 4.55. The number of hydrogen-bond acceptors (Lipinski definition) is 3. The minimum Gasteiger partial charge on any atom is -0.367 e. The Morgan fingerprint density at radius 3 is 2.33 bits per heavy atom. The zero-order chi connectivity index (χ0) is 21.3. The van der Waals surface area contributed by atoms with E-state index in [9.17, 15) is 13.6 Å². The number of aryl methyl sites for hydroxylation is 1. The standard InChI is InChI=1S/C23H24F2N4O/c1-15-19(16(2)29(27-15)18-8-4-3-5-9-18)14-22(30)26-17-12-20(24)23(21(25)13-17)28-10-6-7-11-28/h3-5,8-9,12-13H,6-7,10-11,14H2,1-2H3,(H,26,30). The molecule has 7 heteroatoms. The number of rotatable bonds is 5. The molecule has 0 spiro atoms. The Hall–Kier alpha value is -3.22. The number of anilines is 2. The number of carbonyl (C=O) groups excluding carboxylic acids is 1.